The lowest BCUT2D eigenvalue weighted by Gasteiger charge is -2.15. The predicted molar refractivity (Wildman–Crippen MR) is 80.7 cm³/mol. The van der Waals surface area contributed by atoms with Gasteiger partial charge in [-0.05, 0) is 55.8 Å². The van der Waals surface area contributed by atoms with Crippen LogP contribution >= 0.6 is 43.6 Å². The third-order valence-corrected chi connectivity index (χ3v) is 7.11. The van der Waals surface area contributed by atoms with Gasteiger partial charge in [0.15, 0.2) is 0 Å². The van der Waals surface area contributed by atoms with Crippen LogP contribution in [0.4, 0.5) is 0 Å². The molecule has 0 atom stereocenters. The van der Waals surface area contributed by atoms with Crippen molar-refractivity contribution >= 4 is 51.7 Å². The second-order valence-electron chi connectivity index (χ2n) is 4.71. The molecule has 0 aromatic heterocycles. The summed E-state index contributed by atoms with van der Waals surface area (Å²) in [7, 11) is -0.897. The van der Waals surface area contributed by atoms with E-state index in [2.05, 4.69) is 69.7 Å². The Hall–Kier alpha value is 0.747. The third-order valence-electron chi connectivity index (χ3n) is 2.02. The van der Waals surface area contributed by atoms with Crippen molar-refractivity contribution in [2.45, 2.75) is 30.6 Å². The van der Waals surface area contributed by atoms with E-state index >= 15 is 0 Å². The van der Waals surface area contributed by atoms with Gasteiger partial charge in [0.05, 0.1) is 0 Å². The normalized spacial score (nSPS) is 11.8. The molecular formula is C11H16Br2SSi. The highest BCUT2D eigenvalue weighted by atomic mass is 79.9. The first-order chi connectivity index (χ1) is 6.90. The number of thioether (sulfide) groups is 1. The molecule has 1 rings (SSSR count). The Bertz CT molecular complexity index is 314. The van der Waals surface area contributed by atoms with Crippen LogP contribution in [0, 0.1) is 0 Å². The Labute approximate surface area is 114 Å². The van der Waals surface area contributed by atoms with E-state index in [1.54, 1.807) is 0 Å². The second-order valence-corrected chi connectivity index (χ2v) is 13.1. The van der Waals surface area contributed by atoms with Gasteiger partial charge in [0.1, 0.15) is 0 Å². The van der Waals surface area contributed by atoms with Crippen molar-refractivity contribution in [1.29, 1.82) is 0 Å². The molecule has 84 valence electrons. The summed E-state index contributed by atoms with van der Waals surface area (Å²) >= 11 is 9.12. The first kappa shape index (κ1) is 13.8. The smallest absolute Gasteiger partial charge is 0.0450 e. The van der Waals surface area contributed by atoms with E-state index in [1.165, 1.54) is 25.6 Å². The maximum atomic E-state index is 3.59. The molecule has 0 nitrogen and oxygen atoms in total. The molecule has 0 aliphatic heterocycles. The van der Waals surface area contributed by atoms with E-state index in [0.717, 1.165) is 0 Å². The molecule has 1 aromatic carbocycles. The zero-order valence-corrected chi connectivity index (χ0v) is 14.3. The molecule has 1 aromatic rings. The molecular weight excluding hydrogens is 352 g/mol. The van der Waals surface area contributed by atoms with Crippen LogP contribution in [-0.4, -0.2) is 13.8 Å². The first-order valence-corrected chi connectivity index (χ1v) is 11.2. The summed E-state index contributed by atoms with van der Waals surface area (Å²) in [5.74, 6) is 1.22. The minimum atomic E-state index is -0.897. The van der Waals surface area contributed by atoms with Gasteiger partial charge in [0.2, 0.25) is 0 Å². The van der Waals surface area contributed by atoms with Gasteiger partial charge in [0, 0.05) is 21.9 Å². The maximum absolute atomic E-state index is 3.59. The predicted octanol–water partition coefficient (Wildman–Crippen LogP) is 5.64. The van der Waals surface area contributed by atoms with Gasteiger partial charge >= 0.3 is 0 Å². The monoisotopic (exact) mass is 366 g/mol. The highest BCUT2D eigenvalue weighted by Crippen LogP contribution is 2.35. The minimum Gasteiger partial charge on any atom is -0.124 e. The van der Waals surface area contributed by atoms with Gasteiger partial charge < -0.3 is 0 Å². The van der Waals surface area contributed by atoms with Crippen molar-refractivity contribution < 1.29 is 0 Å². The van der Waals surface area contributed by atoms with E-state index in [-0.39, 0.29) is 0 Å². The van der Waals surface area contributed by atoms with Crippen LogP contribution in [0.2, 0.25) is 25.7 Å². The van der Waals surface area contributed by atoms with Gasteiger partial charge in [0.25, 0.3) is 0 Å². The van der Waals surface area contributed by atoms with Gasteiger partial charge in [-0.25, -0.2) is 0 Å². The van der Waals surface area contributed by atoms with Crippen molar-refractivity contribution in [2.75, 3.05) is 5.75 Å². The van der Waals surface area contributed by atoms with Crippen LogP contribution in [0.15, 0.2) is 32.0 Å². The molecule has 0 fully saturated rings. The minimum absolute atomic E-state index is 0.897. The zero-order valence-electron chi connectivity index (χ0n) is 9.31. The SMILES string of the molecule is C[Si](C)(C)CCSc1c(Br)cccc1Br. The molecule has 0 saturated heterocycles. The van der Waals surface area contributed by atoms with Crippen LogP contribution in [0.5, 0.6) is 0 Å². The van der Waals surface area contributed by atoms with Crippen LogP contribution in [-0.2, 0) is 0 Å². The Morgan fingerprint density at radius 2 is 1.67 bits per heavy atom. The van der Waals surface area contributed by atoms with E-state index < -0.39 is 8.07 Å². The van der Waals surface area contributed by atoms with Gasteiger partial charge in [-0.1, -0.05) is 25.7 Å². The quantitative estimate of drug-likeness (QED) is 0.490. The molecule has 15 heavy (non-hydrogen) atoms. The number of hydrogen-bond acceptors (Lipinski definition) is 1. The summed E-state index contributed by atoms with van der Waals surface area (Å²) in [6.45, 7) is 7.26. The molecule has 0 heterocycles. The highest BCUT2D eigenvalue weighted by Gasteiger charge is 2.13. The van der Waals surface area contributed by atoms with Gasteiger partial charge in [-0.15, -0.1) is 11.8 Å². The third kappa shape index (κ3) is 5.07. The fourth-order valence-electron chi connectivity index (χ4n) is 1.08. The lowest BCUT2D eigenvalue weighted by atomic mass is 10.4. The van der Waals surface area contributed by atoms with E-state index in [9.17, 15) is 0 Å². The zero-order chi connectivity index (χ0) is 11.5. The molecule has 0 N–H and O–H groups in total. The van der Waals surface area contributed by atoms with Crippen molar-refractivity contribution in [3.8, 4) is 0 Å². The fraction of sp³-hybridized carbons (Fsp3) is 0.455. The summed E-state index contributed by atoms with van der Waals surface area (Å²) in [5, 5.41) is 0. The molecule has 0 aliphatic carbocycles. The van der Waals surface area contributed by atoms with Crippen LogP contribution in [0.25, 0.3) is 0 Å². The Morgan fingerprint density at radius 1 is 1.13 bits per heavy atom. The molecule has 0 radical (unpaired) electrons. The largest absolute Gasteiger partial charge is 0.124 e. The van der Waals surface area contributed by atoms with Crippen LogP contribution < -0.4 is 0 Å². The number of hydrogen-bond donors (Lipinski definition) is 0. The molecule has 0 amide bonds. The fourth-order valence-corrected chi connectivity index (χ4v) is 6.24. The Kier molecular flexibility index (Phi) is 5.43. The van der Waals surface area contributed by atoms with Crippen LogP contribution in [0.3, 0.4) is 0 Å². The number of benzene rings is 1. The molecule has 0 saturated carbocycles. The summed E-state index contributed by atoms with van der Waals surface area (Å²) in [4.78, 5) is 1.33. The van der Waals surface area contributed by atoms with Gasteiger partial charge in [-0.2, -0.15) is 0 Å². The van der Waals surface area contributed by atoms with Crippen molar-refractivity contribution in [3.63, 3.8) is 0 Å². The summed E-state index contributed by atoms with van der Waals surface area (Å²) in [6.07, 6.45) is 0. The molecule has 0 bridgehead atoms. The summed E-state index contributed by atoms with van der Waals surface area (Å²) in [6, 6.07) is 7.62. The van der Waals surface area contributed by atoms with E-state index in [1.807, 2.05) is 11.8 Å². The van der Waals surface area contributed by atoms with Crippen molar-refractivity contribution in [3.05, 3.63) is 27.1 Å². The Morgan fingerprint density at radius 3 is 2.13 bits per heavy atom. The van der Waals surface area contributed by atoms with Gasteiger partial charge in [-0.3, -0.25) is 0 Å². The summed E-state index contributed by atoms with van der Waals surface area (Å²) < 4.78 is 2.38. The van der Waals surface area contributed by atoms with Crippen molar-refractivity contribution in [1.82, 2.24) is 0 Å². The van der Waals surface area contributed by atoms with E-state index in [4.69, 9.17) is 0 Å². The van der Waals surface area contributed by atoms with Crippen LogP contribution in [0.1, 0.15) is 0 Å². The van der Waals surface area contributed by atoms with E-state index in [0.29, 0.717) is 0 Å². The second kappa shape index (κ2) is 5.89. The molecule has 0 aliphatic rings. The lowest BCUT2D eigenvalue weighted by molar-refractivity contribution is 1.32. The standard InChI is InChI=1S/C11H16Br2SSi/c1-15(2,3)8-7-14-11-9(12)5-4-6-10(11)13/h4-6H,7-8H2,1-3H3. The first-order valence-electron chi connectivity index (χ1n) is 4.97. The average molecular weight is 368 g/mol. The van der Waals surface area contributed by atoms with Crippen molar-refractivity contribution in [2.24, 2.45) is 0 Å². The summed E-state index contributed by atoms with van der Waals surface area (Å²) in [5.41, 5.74) is 0. The topological polar surface area (TPSA) is 0 Å². The lowest BCUT2D eigenvalue weighted by Crippen LogP contribution is -2.19. The maximum Gasteiger partial charge on any atom is 0.0450 e. The molecule has 0 unspecified atom stereocenters. The molecule has 0 spiro atoms. The number of halogens is 2. The molecule has 4 heteroatoms. The Balaban J connectivity index is 2.58. The number of rotatable bonds is 4. The highest BCUT2D eigenvalue weighted by molar-refractivity contribution is 9.11. The average Bonchev–Trinajstić information content (AvgIpc) is 2.08.